The molecule has 0 fully saturated rings. The summed E-state index contributed by atoms with van der Waals surface area (Å²) in [7, 11) is 0. The fourth-order valence-electron chi connectivity index (χ4n) is 1.70. The maximum atomic E-state index is 13.1. The number of hydrogen-bond acceptors (Lipinski definition) is 1. The predicted molar refractivity (Wildman–Crippen MR) is 70.0 cm³/mol. The lowest BCUT2D eigenvalue weighted by molar-refractivity contribution is 0.627. The Labute approximate surface area is 109 Å². The number of hydrogen-bond donors (Lipinski definition) is 1. The maximum Gasteiger partial charge on any atom is 0.182 e. The van der Waals surface area contributed by atoms with E-state index in [-0.39, 0.29) is 5.02 Å². The number of benzene rings is 1. The first-order valence-electron chi connectivity index (χ1n) is 5.26. The zero-order valence-corrected chi connectivity index (χ0v) is 11.1. The summed E-state index contributed by atoms with van der Waals surface area (Å²) in [6.45, 7) is 4.14. The molecule has 0 saturated heterocycles. The minimum atomic E-state index is -0.427. The van der Waals surface area contributed by atoms with Crippen molar-refractivity contribution in [3.8, 4) is 5.69 Å². The summed E-state index contributed by atoms with van der Waals surface area (Å²) in [4.78, 5) is 2.99. The molecule has 90 valence electrons. The molecule has 17 heavy (non-hydrogen) atoms. The van der Waals surface area contributed by atoms with E-state index in [0.29, 0.717) is 10.7 Å². The number of aromatic amines is 1. The number of nitrogens with zero attached hydrogens (tertiary/aromatic N) is 1. The van der Waals surface area contributed by atoms with E-state index in [9.17, 15) is 4.39 Å². The molecular weight excluding hydrogens is 259 g/mol. The van der Waals surface area contributed by atoms with E-state index in [1.165, 1.54) is 6.07 Å². The average molecular weight is 271 g/mol. The Kier molecular flexibility index (Phi) is 3.35. The van der Waals surface area contributed by atoms with Crippen molar-refractivity contribution in [1.29, 1.82) is 0 Å². The van der Waals surface area contributed by atoms with Crippen molar-refractivity contribution in [3.05, 3.63) is 45.7 Å². The zero-order chi connectivity index (χ0) is 12.6. The maximum absolute atomic E-state index is 13.1. The van der Waals surface area contributed by atoms with Crippen molar-refractivity contribution in [2.24, 2.45) is 0 Å². The van der Waals surface area contributed by atoms with Gasteiger partial charge in [-0.3, -0.25) is 4.57 Å². The number of rotatable bonds is 2. The first kappa shape index (κ1) is 12.3. The Morgan fingerprint density at radius 3 is 2.71 bits per heavy atom. The highest BCUT2D eigenvalue weighted by Gasteiger charge is 2.11. The summed E-state index contributed by atoms with van der Waals surface area (Å²) in [6, 6.07) is 4.58. The van der Waals surface area contributed by atoms with Gasteiger partial charge in [-0.25, -0.2) is 4.39 Å². The Hall–Kier alpha value is -1.13. The first-order valence-corrected chi connectivity index (χ1v) is 6.05. The topological polar surface area (TPSA) is 20.7 Å². The van der Waals surface area contributed by atoms with Crippen molar-refractivity contribution in [3.63, 3.8) is 0 Å². The lowest BCUT2D eigenvalue weighted by atomic mass is 10.1. The van der Waals surface area contributed by atoms with Gasteiger partial charge in [0.05, 0.1) is 5.02 Å². The van der Waals surface area contributed by atoms with Gasteiger partial charge in [0, 0.05) is 17.6 Å². The third-order valence-electron chi connectivity index (χ3n) is 2.56. The molecule has 2 nitrogen and oxygen atoms in total. The molecule has 2 rings (SSSR count). The summed E-state index contributed by atoms with van der Waals surface area (Å²) in [5.41, 5.74) is 1.81. The van der Waals surface area contributed by atoms with Crippen LogP contribution in [0.5, 0.6) is 0 Å². The minimum absolute atomic E-state index is 0.0975. The van der Waals surface area contributed by atoms with Gasteiger partial charge in [-0.05, 0) is 36.3 Å². The van der Waals surface area contributed by atoms with E-state index >= 15 is 0 Å². The highest BCUT2D eigenvalue weighted by atomic mass is 35.5. The molecule has 0 aliphatic carbocycles. The fourth-order valence-corrected chi connectivity index (χ4v) is 2.14. The first-order chi connectivity index (χ1) is 8.00. The molecule has 5 heteroatoms. The third kappa shape index (κ3) is 2.28. The van der Waals surface area contributed by atoms with Gasteiger partial charge in [-0.2, -0.15) is 0 Å². The largest absolute Gasteiger partial charge is 0.337 e. The van der Waals surface area contributed by atoms with Gasteiger partial charge in [-0.1, -0.05) is 25.4 Å². The monoisotopic (exact) mass is 270 g/mol. The van der Waals surface area contributed by atoms with Crippen molar-refractivity contribution in [1.82, 2.24) is 9.55 Å². The van der Waals surface area contributed by atoms with Crippen LogP contribution in [0.2, 0.25) is 5.02 Å². The standard InChI is InChI=1S/C12H12ClFN2S/c1-7(2)11-6-15-12(17)16(11)8-3-4-10(14)9(13)5-8/h3-7H,1-2H3,(H,15,17). The molecule has 0 radical (unpaired) electrons. The van der Waals surface area contributed by atoms with Crippen LogP contribution in [0.15, 0.2) is 24.4 Å². The molecule has 1 N–H and O–H groups in total. The molecule has 0 aliphatic heterocycles. The van der Waals surface area contributed by atoms with E-state index < -0.39 is 5.82 Å². The Morgan fingerprint density at radius 1 is 1.41 bits per heavy atom. The molecule has 1 aromatic heterocycles. The van der Waals surface area contributed by atoms with Crippen LogP contribution in [0.25, 0.3) is 5.69 Å². The number of halogens is 2. The molecule has 0 spiro atoms. The van der Waals surface area contributed by atoms with Crippen LogP contribution in [-0.4, -0.2) is 9.55 Å². The number of imidazole rings is 1. The molecule has 0 aliphatic rings. The molecule has 2 aromatic rings. The fraction of sp³-hybridized carbons (Fsp3) is 0.250. The van der Waals surface area contributed by atoms with E-state index in [4.69, 9.17) is 23.8 Å². The molecule has 0 bridgehead atoms. The summed E-state index contributed by atoms with van der Waals surface area (Å²) in [5.74, 6) is -0.115. The van der Waals surface area contributed by atoms with Crippen LogP contribution in [0, 0.1) is 10.6 Å². The lowest BCUT2D eigenvalue weighted by Crippen LogP contribution is -2.02. The van der Waals surface area contributed by atoms with E-state index in [0.717, 1.165) is 11.4 Å². The molecular formula is C12H12ClFN2S. The summed E-state index contributed by atoms with van der Waals surface area (Å²) >= 11 is 11.0. The van der Waals surface area contributed by atoms with Crippen LogP contribution in [-0.2, 0) is 0 Å². The molecule has 0 saturated carbocycles. The van der Waals surface area contributed by atoms with Gasteiger partial charge in [0.15, 0.2) is 4.77 Å². The summed E-state index contributed by atoms with van der Waals surface area (Å²) in [6.07, 6.45) is 1.87. The lowest BCUT2D eigenvalue weighted by Gasteiger charge is -2.11. The van der Waals surface area contributed by atoms with E-state index in [1.54, 1.807) is 12.1 Å². The second-order valence-electron chi connectivity index (χ2n) is 4.11. The number of H-pyrrole nitrogens is 1. The van der Waals surface area contributed by atoms with Crippen LogP contribution in [0.3, 0.4) is 0 Å². The Balaban J connectivity index is 2.63. The smallest absolute Gasteiger partial charge is 0.182 e. The SMILES string of the molecule is CC(C)c1c[nH]c(=S)n1-c1ccc(F)c(Cl)c1. The van der Waals surface area contributed by atoms with Gasteiger partial charge in [-0.15, -0.1) is 0 Å². The number of aromatic nitrogens is 2. The van der Waals surface area contributed by atoms with E-state index in [2.05, 4.69) is 18.8 Å². The van der Waals surface area contributed by atoms with Crippen LogP contribution in [0.4, 0.5) is 4.39 Å². The van der Waals surface area contributed by atoms with Crippen molar-refractivity contribution in [2.75, 3.05) is 0 Å². The molecule has 0 atom stereocenters. The quantitative estimate of drug-likeness (QED) is 0.800. The van der Waals surface area contributed by atoms with Gasteiger partial charge in [0.25, 0.3) is 0 Å². The zero-order valence-electron chi connectivity index (χ0n) is 9.50. The highest BCUT2D eigenvalue weighted by molar-refractivity contribution is 7.71. The van der Waals surface area contributed by atoms with Crippen LogP contribution >= 0.6 is 23.8 Å². The predicted octanol–water partition coefficient (Wildman–Crippen LogP) is 4.45. The second-order valence-corrected chi connectivity index (χ2v) is 4.90. The van der Waals surface area contributed by atoms with Gasteiger partial charge in [0.1, 0.15) is 5.82 Å². The third-order valence-corrected chi connectivity index (χ3v) is 3.15. The van der Waals surface area contributed by atoms with Crippen molar-refractivity contribution >= 4 is 23.8 Å². The molecule has 1 aromatic carbocycles. The van der Waals surface area contributed by atoms with Gasteiger partial charge >= 0.3 is 0 Å². The molecule has 0 amide bonds. The van der Waals surface area contributed by atoms with E-state index in [1.807, 2.05) is 10.8 Å². The average Bonchev–Trinajstić information content (AvgIpc) is 2.64. The highest BCUT2D eigenvalue weighted by Crippen LogP contribution is 2.23. The van der Waals surface area contributed by atoms with Crippen LogP contribution in [0.1, 0.15) is 25.5 Å². The normalized spacial score (nSPS) is 11.1. The van der Waals surface area contributed by atoms with Crippen LogP contribution < -0.4 is 0 Å². The minimum Gasteiger partial charge on any atom is -0.337 e. The Bertz CT molecular complexity index is 601. The number of nitrogens with one attached hydrogen (secondary N) is 1. The van der Waals surface area contributed by atoms with Gasteiger partial charge in [0.2, 0.25) is 0 Å². The molecule has 0 unspecified atom stereocenters. The summed E-state index contributed by atoms with van der Waals surface area (Å²) in [5, 5.41) is 0.0975. The Morgan fingerprint density at radius 2 is 2.12 bits per heavy atom. The van der Waals surface area contributed by atoms with Gasteiger partial charge < -0.3 is 4.98 Å². The molecule has 1 heterocycles. The second kappa shape index (κ2) is 4.63. The van der Waals surface area contributed by atoms with Crippen molar-refractivity contribution < 1.29 is 4.39 Å². The van der Waals surface area contributed by atoms with Crippen molar-refractivity contribution in [2.45, 2.75) is 19.8 Å². The summed E-state index contributed by atoms with van der Waals surface area (Å²) < 4.78 is 15.6.